The first-order valence-electron chi connectivity index (χ1n) is 2.38. The number of hydrogen-bond acceptors (Lipinski definition) is 2. The molecule has 1 aliphatic rings. The van der Waals surface area contributed by atoms with Gasteiger partial charge in [-0.25, -0.2) is 0 Å². The van der Waals surface area contributed by atoms with Gasteiger partial charge in [-0.15, -0.1) is 0 Å². The number of nitrogens with zero attached hydrogens (tertiary/aromatic N) is 2. The Labute approximate surface area is 44.0 Å². The predicted octanol–water partition coefficient (Wildman–Crippen LogP) is 0.292. The first kappa shape index (κ1) is 4.50. The second-order valence-corrected chi connectivity index (χ2v) is 1.95. The molecule has 7 heavy (non-hydrogen) atoms. The topological polar surface area (TPSA) is 6.48 Å². The summed E-state index contributed by atoms with van der Waals surface area (Å²) in [6, 6.07) is 0. The monoisotopic (exact) mass is 98.1 g/mol. The van der Waals surface area contributed by atoms with Crippen molar-refractivity contribution in [1.82, 2.24) is 9.80 Å². The standard InChI is InChI=1S/C5H10N2/c1-6-3-4-7(2)5-6/h3-4H,5H2,1-2H3. The minimum atomic E-state index is 1.03. The van der Waals surface area contributed by atoms with E-state index in [1.807, 2.05) is 0 Å². The minimum absolute atomic E-state index is 1.03. The van der Waals surface area contributed by atoms with E-state index in [1.54, 1.807) is 0 Å². The quantitative estimate of drug-likeness (QED) is 0.429. The molecule has 0 spiro atoms. The van der Waals surface area contributed by atoms with Gasteiger partial charge in [-0.2, -0.15) is 0 Å². The molecule has 1 heterocycles. The minimum Gasteiger partial charge on any atom is -0.362 e. The van der Waals surface area contributed by atoms with Crippen molar-refractivity contribution in [3.63, 3.8) is 0 Å². The highest BCUT2D eigenvalue weighted by Crippen LogP contribution is 1.97. The lowest BCUT2D eigenvalue weighted by molar-refractivity contribution is 0.340. The fourth-order valence-corrected chi connectivity index (χ4v) is 0.674. The maximum atomic E-state index is 2.12. The van der Waals surface area contributed by atoms with Crippen LogP contribution in [0, 0.1) is 0 Å². The van der Waals surface area contributed by atoms with Crippen molar-refractivity contribution in [1.29, 1.82) is 0 Å². The molecule has 0 saturated carbocycles. The van der Waals surface area contributed by atoms with Crippen molar-refractivity contribution in [3.8, 4) is 0 Å². The third-order valence-electron chi connectivity index (χ3n) is 1.02. The van der Waals surface area contributed by atoms with Crippen molar-refractivity contribution in [2.45, 2.75) is 0 Å². The Hall–Kier alpha value is -0.660. The van der Waals surface area contributed by atoms with Crippen LogP contribution in [0.4, 0.5) is 0 Å². The summed E-state index contributed by atoms with van der Waals surface area (Å²) < 4.78 is 0. The van der Waals surface area contributed by atoms with Gasteiger partial charge in [-0.1, -0.05) is 0 Å². The largest absolute Gasteiger partial charge is 0.362 e. The molecule has 40 valence electrons. The van der Waals surface area contributed by atoms with Crippen molar-refractivity contribution < 1.29 is 0 Å². The number of rotatable bonds is 0. The smallest absolute Gasteiger partial charge is 0.0887 e. The summed E-state index contributed by atoms with van der Waals surface area (Å²) in [5.41, 5.74) is 0. The van der Waals surface area contributed by atoms with Crippen molar-refractivity contribution in [2.75, 3.05) is 20.8 Å². The Balaban J connectivity index is 2.42. The fraction of sp³-hybridized carbons (Fsp3) is 0.600. The van der Waals surface area contributed by atoms with Gasteiger partial charge in [0.2, 0.25) is 0 Å². The van der Waals surface area contributed by atoms with E-state index in [9.17, 15) is 0 Å². The Morgan fingerprint density at radius 3 is 1.71 bits per heavy atom. The lowest BCUT2D eigenvalue weighted by Crippen LogP contribution is -2.17. The normalized spacial score (nSPS) is 19.1. The second-order valence-electron chi connectivity index (χ2n) is 1.95. The molecule has 0 fully saturated rings. The van der Waals surface area contributed by atoms with Gasteiger partial charge in [0.1, 0.15) is 0 Å². The zero-order chi connectivity index (χ0) is 5.28. The summed E-state index contributed by atoms with van der Waals surface area (Å²) in [5.74, 6) is 0. The van der Waals surface area contributed by atoms with Gasteiger partial charge in [0.05, 0.1) is 6.67 Å². The van der Waals surface area contributed by atoms with Gasteiger partial charge in [0, 0.05) is 26.5 Å². The van der Waals surface area contributed by atoms with Gasteiger partial charge in [-0.3, -0.25) is 0 Å². The molecule has 0 aromatic rings. The van der Waals surface area contributed by atoms with Crippen LogP contribution < -0.4 is 0 Å². The van der Waals surface area contributed by atoms with Crippen LogP contribution in [0.1, 0.15) is 0 Å². The molecule has 0 saturated heterocycles. The van der Waals surface area contributed by atoms with Crippen molar-refractivity contribution in [3.05, 3.63) is 12.4 Å². The van der Waals surface area contributed by atoms with E-state index in [2.05, 4.69) is 36.3 Å². The van der Waals surface area contributed by atoms with Crippen LogP contribution in [0.5, 0.6) is 0 Å². The molecule has 0 aromatic heterocycles. The molecular formula is C5H10N2. The molecule has 1 aliphatic heterocycles. The molecule has 0 aliphatic carbocycles. The van der Waals surface area contributed by atoms with Crippen molar-refractivity contribution in [2.24, 2.45) is 0 Å². The second kappa shape index (κ2) is 1.45. The van der Waals surface area contributed by atoms with Crippen LogP contribution in [0.3, 0.4) is 0 Å². The molecule has 1 rings (SSSR count). The Bertz CT molecular complexity index is 78.1. The summed E-state index contributed by atoms with van der Waals surface area (Å²) in [7, 11) is 4.11. The van der Waals surface area contributed by atoms with Crippen molar-refractivity contribution >= 4 is 0 Å². The van der Waals surface area contributed by atoms with Crippen LogP contribution in [0.2, 0.25) is 0 Å². The molecule has 0 amide bonds. The summed E-state index contributed by atoms with van der Waals surface area (Å²) in [6.07, 6.45) is 4.11. The van der Waals surface area contributed by atoms with E-state index in [0.29, 0.717) is 0 Å². The maximum Gasteiger partial charge on any atom is 0.0887 e. The van der Waals surface area contributed by atoms with E-state index in [1.165, 1.54) is 0 Å². The van der Waals surface area contributed by atoms with E-state index in [4.69, 9.17) is 0 Å². The summed E-state index contributed by atoms with van der Waals surface area (Å²) in [6.45, 7) is 1.03. The molecule has 2 nitrogen and oxygen atoms in total. The Morgan fingerprint density at radius 2 is 1.57 bits per heavy atom. The van der Waals surface area contributed by atoms with E-state index < -0.39 is 0 Å². The van der Waals surface area contributed by atoms with Gasteiger partial charge in [0.25, 0.3) is 0 Å². The van der Waals surface area contributed by atoms with Crippen LogP contribution in [0.25, 0.3) is 0 Å². The molecule has 0 unspecified atom stereocenters. The summed E-state index contributed by atoms with van der Waals surface area (Å²) in [4.78, 5) is 4.25. The molecule has 0 radical (unpaired) electrons. The van der Waals surface area contributed by atoms with Crippen LogP contribution in [-0.2, 0) is 0 Å². The SMILES string of the molecule is CN1C=CN(C)C1. The lowest BCUT2D eigenvalue weighted by Gasteiger charge is -2.10. The summed E-state index contributed by atoms with van der Waals surface area (Å²) in [5, 5.41) is 0. The van der Waals surface area contributed by atoms with Gasteiger partial charge >= 0.3 is 0 Å². The molecular weight excluding hydrogens is 88.1 g/mol. The Morgan fingerprint density at radius 1 is 1.14 bits per heavy atom. The van der Waals surface area contributed by atoms with Crippen LogP contribution in [0.15, 0.2) is 12.4 Å². The zero-order valence-corrected chi connectivity index (χ0v) is 4.76. The molecule has 0 N–H and O–H groups in total. The maximum absolute atomic E-state index is 2.12. The molecule has 0 aromatic carbocycles. The van der Waals surface area contributed by atoms with Crippen LogP contribution >= 0.6 is 0 Å². The number of hydrogen-bond donors (Lipinski definition) is 0. The fourth-order valence-electron chi connectivity index (χ4n) is 0.674. The van der Waals surface area contributed by atoms with Gasteiger partial charge in [-0.05, 0) is 0 Å². The summed E-state index contributed by atoms with van der Waals surface area (Å²) >= 11 is 0. The highest BCUT2D eigenvalue weighted by molar-refractivity contribution is 4.85. The van der Waals surface area contributed by atoms with Crippen LogP contribution in [-0.4, -0.2) is 30.6 Å². The highest BCUT2D eigenvalue weighted by Gasteiger charge is 1.99. The highest BCUT2D eigenvalue weighted by atomic mass is 15.3. The Kier molecular flexibility index (Phi) is 0.929. The van der Waals surface area contributed by atoms with Gasteiger partial charge in [0.15, 0.2) is 0 Å². The van der Waals surface area contributed by atoms with E-state index >= 15 is 0 Å². The van der Waals surface area contributed by atoms with Gasteiger partial charge < -0.3 is 9.80 Å². The zero-order valence-electron chi connectivity index (χ0n) is 4.76. The first-order chi connectivity index (χ1) is 3.29. The first-order valence-corrected chi connectivity index (χ1v) is 2.38. The molecule has 0 atom stereocenters. The lowest BCUT2D eigenvalue weighted by atomic mass is 10.9. The molecule has 0 bridgehead atoms. The van der Waals surface area contributed by atoms with E-state index in [0.717, 1.165) is 6.67 Å². The third kappa shape index (κ3) is 0.856. The molecule has 2 heteroatoms. The predicted molar refractivity (Wildman–Crippen MR) is 29.5 cm³/mol. The third-order valence-corrected chi connectivity index (χ3v) is 1.02. The average Bonchev–Trinajstić information content (AvgIpc) is 1.87. The van der Waals surface area contributed by atoms with E-state index in [-0.39, 0.29) is 0 Å². The average molecular weight is 98.1 g/mol.